The summed E-state index contributed by atoms with van der Waals surface area (Å²) in [6.45, 7) is 9.53. The lowest BCUT2D eigenvalue weighted by Gasteiger charge is -2.25. The summed E-state index contributed by atoms with van der Waals surface area (Å²) in [5, 5.41) is 19.6. The van der Waals surface area contributed by atoms with Crippen molar-refractivity contribution in [3.05, 3.63) is 201 Å². The summed E-state index contributed by atoms with van der Waals surface area (Å²) in [6.07, 6.45) is 31.1. The van der Waals surface area contributed by atoms with Crippen LogP contribution in [0.2, 0.25) is 0 Å². The van der Waals surface area contributed by atoms with Crippen LogP contribution in [0.3, 0.4) is 0 Å². The molecule has 6 aromatic heterocycles. The minimum absolute atomic E-state index is 0.258. The van der Waals surface area contributed by atoms with E-state index in [0.717, 1.165) is 178 Å². The second-order valence-corrected chi connectivity index (χ2v) is 29.9. The molecule has 3 atom stereocenters. The average Bonchev–Trinajstić information content (AvgIpc) is 0.871. The molecule has 111 heavy (non-hydrogen) atoms. The topological polar surface area (TPSA) is 255 Å². The first kappa shape index (κ1) is 86.5. The largest absolute Gasteiger partial charge is 0.480 e. The van der Waals surface area contributed by atoms with E-state index >= 15 is 0 Å². The van der Waals surface area contributed by atoms with E-state index in [9.17, 15) is 19.5 Å². The number of aromatic nitrogens is 6. The van der Waals surface area contributed by atoms with Gasteiger partial charge in [0, 0.05) is 145 Å². The van der Waals surface area contributed by atoms with Gasteiger partial charge in [0.25, 0.3) is 0 Å². The second kappa shape index (κ2) is 48.5. The first-order valence-corrected chi connectivity index (χ1v) is 41.0. The lowest BCUT2D eigenvalue weighted by molar-refractivity contribution is -0.143. The van der Waals surface area contributed by atoms with E-state index < -0.39 is 24.1 Å². The summed E-state index contributed by atoms with van der Waals surface area (Å²) in [7, 11) is 7.96. The number of nitrogens with two attached hydrogens (primary N) is 1. The number of carbonyl (C=O) groups is 3. The molecular formula is C89H119BrN12O9. The highest BCUT2D eigenvalue weighted by Gasteiger charge is 2.24. The summed E-state index contributed by atoms with van der Waals surface area (Å²) < 4.78 is 26.8. The molecule has 0 bridgehead atoms. The Morgan fingerprint density at radius 3 is 1.29 bits per heavy atom. The number of aliphatic carboxylic acids is 1. The summed E-state index contributed by atoms with van der Waals surface area (Å²) in [4.78, 5) is 70.9. The van der Waals surface area contributed by atoms with E-state index in [1.165, 1.54) is 123 Å². The number of esters is 2. The number of carboxylic acids is 1. The third-order valence-corrected chi connectivity index (χ3v) is 21.8. The zero-order valence-electron chi connectivity index (χ0n) is 66.2. The number of carboxylic acid groups (broad SMARTS) is 1. The molecule has 0 saturated heterocycles. The minimum Gasteiger partial charge on any atom is -0.480 e. The number of pyridine rings is 6. The smallest absolute Gasteiger partial charge is 0.328 e. The van der Waals surface area contributed by atoms with E-state index in [1.54, 1.807) is 39.9 Å². The lowest BCUT2D eigenvalue weighted by atomic mass is 9.95. The maximum Gasteiger partial charge on any atom is 0.328 e. The number of halogens is 1. The van der Waals surface area contributed by atoms with Crippen LogP contribution in [0, 0.1) is 0 Å². The zero-order valence-corrected chi connectivity index (χ0v) is 67.8. The molecular weight excluding hydrogens is 1460 g/mol. The Bertz CT molecular complexity index is 4270. The molecule has 0 aliphatic heterocycles. The monoisotopic (exact) mass is 1580 g/mol. The SMILES string of the molecule is Brc1ccnc2ccccc12.COCCN(CCCCc1ccc2c(n1)CCCC2)CC[C@H](N)C(=O)OC.COCCN(CCCCc1ccc2c(n1)CCCC2)CC[C@H](Nc1cccc2ncccc12)C(=O)O.COCCN(CCCCc1ccc2c(n1)CCCC2)CC[C@H](Nc1ccnc2ccccc12)C(=O)OC. The Balaban J connectivity index is 0.000000180. The van der Waals surface area contributed by atoms with Gasteiger partial charge in [-0.1, -0.05) is 76.6 Å². The highest BCUT2D eigenvalue weighted by atomic mass is 79.9. The van der Waals surface area contributed by atoms with E-state index in [-0.39, 0.29) is 11.9 Å². The van der Waals surface area contributed by atoms with Crippen LogP contribution < -0.4 is 16.4 Å². The molecule has 0 radical (unpaired) electrons. The van der Waals surface area contributed by atoms with Crippen LogP contribution in [0.5, 0.6) is 0 Å². The first-order chi connectivity index (χ1) is 54.3. The fourth-order valence-corrected chi connectivity index (χ4v) is 15.1. The molecule has 3 aliphatic carbocycles. The summed E-state index contributed by atoms with van der Waals surface area (Å²) >= 11 is 3.46. The number of nitrogens with zero attached hydrogens (tertiary/aromatic N) is 9. The molecule has 21 nitrogen and oxygen atoms in total. The maximum atomic E-state index is 12.6. The van der Waals surface area contributed by atoms with Crippen molar-refractivity contribution in [1.29, 1.82) is 0 Å². The summed E-state index contributed by atoms with van der Waals surface area (Å²) in [5.41, 5.74) is 22.2. The number of carbonyl (C=O) groups excluding carboxylic acids is 2. The zero-order chi connectivity index (χ0) is 78.2. The average molecular weight is 1580 g/mol. The molecule has 3 aromatic carbocycles. The highest BCUT2D eigenvalue weighted by molar-refractivity contribution is 9.10. The second-order valence-electron chi connectivity index (χ2n) is 29.0. The molecule has 3 aliphatic rings. The fourth-order valence-electron chi connectivity index (χ4n) is 14.6. The lowest BCUT2D eigenvalue weighted by Crippen LogP contribution is -2.37. The molecule has 22 heteroatoms. The number of benzene rings is 3. The van der Waals surface area contributed by atoms with E-state index in [1.807, 2.05) is 91.0 Å². The molecule has 0 spiro atoms. The predicted octanol–water partition coefficient (Wildman–Crippen LogP) is 14.7. The molecule has 0 saturated carbocycles. The number of ether oxygens (including phenoxy) is 5. The van der Waals surface area contributed by atoms with Crippen molar-refractivity contribution in [2.45, 2.75) is 172 Å². The normalized spacial score (nSPS) is 13.8. The number of fused-ring (bicyclic) bond motifs is 6. The van der Waals surface area contributed by atoms with Crippen molar-refractivity contribution in [3.8, 4) is 0 Å². The predicted molar refractivity (Wildman–Crippen MR) is 448 cm³/mol. The van der Waals surface area contributed by atoms with Gasteiger partial charge in [-0.3, -0.25) is 34.7 Å². The van der Waals surface area contributed by atoms with Gasteiger partial charge in [-0.05, 0) is 257 Å². The van der Waals surface area contributed by atoms with Gasteiger partial charge >= 0.3 is 17.9 Å². The Morgan fingerprint density at radius 1 is 0.423 bits per heavy atom. The number of unbranched alkanes of at least 4 members (excludes halogenated alkanes) is 3. The maximum absolute atomic E-state index is 12.6. The number of anilines is 2. The minimum atomic E-state index is -0.846. The van der Waals surface area contributed by atoms with E-state index in [4.69, 9.17) is 44.4 Å². The number of hydrogen-bond acceptors (Lipinski definition) is 20. The van der Waals surface area contributed by atoms with Crippen molar-refractivity contribution in [3.63, 3.8) is 0 Å². The number of nitrogens with one attached hydrogen (secondary N) is 2. The van der Waals surface area contributed by atoms with Gasteiger partial charge in [-0.2, -0.15) is 0 Å². The van der Waals surface area contributed by atoms with Crippen LogP contribution >= 0.6 is 15.9 Å². The standard InChI is InChI=1S/C30H40N4O3.C29H38N4O3.C21H35N3O3.C9H6BrN/c1-36-22-21-34(19-8-7-10-24-15-14-23-9-3-5-12-26(23)32-24)20-17-29(30(35)37-2)33-28-16-18-31-27-13-6-4-11-25(27)28;1-36-21-20-33(18-5-4-9-23-15-14-22-8-2-3-11-25(22)31-23)19-16-28(29(34)35)32-27-13-6-12-26-24(27)10-7-17-30-26;1-26-16-15-24(14-12-19(22)21(25)27-2)13-6-5-8-18-11-10-17-7-3-4-9-20(17)23-18;10-8-5-6-11-9-4-2-1-3-7(8)9/h4,6,11,13-16,18,29H,3,5,7-10,12,17,19-22H2,1-2H3,(H,31,33);6-7,10,12-15,17,28,32H,2-5,8-9,11,16,18-21H2,1H3,(H,34,35);10-11,19H,3-9,12-16,22H2,1-2H3;1-6H/t29-;28-;19-;/m000./s1. The quantitative estimate of drug-likeness (QED) is 0.0206. The Kier molecular flexibility index (Phi) is 37.8. The third-order valence-electron chi connectivity index (χ3n) is 21.1. The fraction of sp³-hybridized carbons (Fsp3) is 0.494. The van der Waals surface area contributed by atoms with Crippen LogP contribution in [-0.4, -0.2) is 200 Å². The van der Waals surface area contributed by atoms with Gasteiger partial charge in [0.05, 0.1) is 50.6 Å². The van der Waals surface area contributed by atoms with Crippen LogP contribution in [0.25, 0.3) is 32.7 Å². The van der Waals surface area contributed by atoms with Crippen molar-refractivity contribution >= 4 is 77.9 Å². The van der Waals surface area contributed by atoms with Gasteiger partial charge in [-0.25, -0.2) is 9.59 Å². The number of methoxy groups -OCH3 is 5. The highest BCUT2D eigenvalue weighted by Crippen LogP contribution is 2.28. The molecule has 6 heterocycles. The van der Waals surface area contributed by atoms with Crippen molar-refractivity contribution in [1.82, 2.24) is 44.6 Å². The molecule has 9 aromatic rings. The van der Waals surface area contributed by atoms with Crippen molar-refractivity contribution in [2.75, 3.05) is 125 Å². The molecule has 12 rings (SSSR count). The molecule has 5 N–H and O–H groups in total. The third kappa shape index (κ3) is 28.9. The van der Waals surface area contributed by atoms with Crippen molar-refractivity contribution in [2.24, 2.45) is 5.73 Å². The summed E-state index contributed by atoms with van der Waals surface area (Å²) in [5.74, 6) is -1.45. The van der Waals surface area contributed by atoms with E-state index in [2.05, 4.69) is 92.6 Å². The molecule has 596 valence electrons. The van der Waals surface area contributed by atoms with Gasteiger partial charge in [-0.15, -0.1) is 0 Å². The number of rotatable bonds is 40. The van der Waals surface area contributed by atoms with Crippen molar-refractivity contribution < 1.29 is 43.2 Å². The van der Waals surface area contributed by atoms with Crippen LogP contribution in [0.1, 0.15) is 147 Å². The number of aryl methyl sites for hydroxylation is 9. The van der Waals surface area contributed by atoms with Crippen LogP contribution in [0.15, 0.2) is 150 Å². The number of hydrogen-bond donors (Lipinski definition) is 4. The Morgan fingerprint density at radius 2 is 0.820 bits per heavy atom. The molecule has 0 fully saturated rings. The van der Waals surface area contributed by atoms with Gasteiger partial charge in [0.1, 0.15) is 18.1 Å². The Labute approximate surface area is 666 Å². The molecule has 0 unspecified atom stereocenters. The van der Waals surface area contributed by atoms with Crippen LogP contribution in [0.4, 0.5) is 11.4 Å². The van der Waals surface area contributed by atoms with Gasteiger partial charge < -0.3 is 59.9 Å². The van der Waals surface area contributed by atoms with E-state index in [0.29, 0.717) is 45.6 Å². The first-order valence-electron chi connectivity index (χ1n) is 40.2. The number of para-hydroxylation sites is 2. The van der Waals surface area contributed by atoms with Gasteiger partial charge in [0.15, 0.2) is 0 Å². The Hall–Kier alpha value is -8.45. The van der Waals surface area contributed by atoms with Gasteiger partial charge in [0.2, 0.25) is 0 Å². The van der Waals surface area contributed by atoms with Crippen LogP contribution in [-0.2, 0) is 95.9 Å². The molecule has 0 amide bonds. The summed E-state index contributed by atoms with van der Waals surface area (Å²) in [6, 6.07) is 41.2.